The number of carbonyl (C=O) groups is 1. The molecule has 0 aliphatic rings. The number of furan rings is 1. The zero-order valence-corrected chi connectivity index (χ0v) is 15.3. The van der Waals surface area contributed by atoms with E-state index in [0.717, 1.165) is 34.5 Å². The largest absolute Gasteiger partial charge is 0.464 e. The number of hydrogen-bond donors (Lipinski definition) is 1. The van der Waals surface area contributed by atoms with Gasteiger partial charge in [0, 0.05) is 17.4 Å². The molecule has 1 aromatic carbocycles. The predicted molar refractivity (Wildman–Crippen MR) is 104 cm³/mol. The van der Waals surface area contributed by atoms with Crippen molar-refractivity contribution in [2.24, 2.45) is 0 Å². The van der Waals surface area contributed by atoms with E-state index in [1.165, 1.54) is 5.56 Å². The Kier molecular flexibility index (Phi) is 4.46. The highest BCUT2D eigenvalue weighted by Gasteiger charge is 2.17. The van der Waals surface area contributed by atoms with Crippen LogP contribution in [0.15, 0.2) is 59.3 Å². The van der Waals surface area contributed by atoms with Crippen molar-refractivity contribution in [3.8, 4) is 11.3 Å². The standard InChI is InChI=1S/C21H20N4O2/c1-3-15-6-8-16(9-7-15)23-19(26)13-25-21-20(14(2)24-25)17(10-11-22-21)18-5-4-12-27-18/h4-12H,3,13H2,1-2H3,(H,23,26). The molecule has 136 valence electrons. The highest BCUT2D eigenvalue weighted by Crippen LogP contribution is 2.30. The SMILES string of the molecule is CCc1ccc(NC(=O)Cn2nc(C)c3c(-c4ccco4)ccnc32)cc1. The molecule has 1 amide bonds. The van der Waals surface area contributed by atoms with E-state index in [1.54, 1.807) is 17.1 Å². The van der Waals surface area contributed by atoms with E-state index in [4.69, 9.17) is 4.42 Å². The first kappa shape index (κ1) is 17.0. The molecule has 3 heterocycles. The smallest absolute Gasteiger partial charge is 0.246 e. The summed E-state index contributed by atoms with van der Waals surface area (Å²) in [6.45, 7) is 4.10. The molecular weight excluding hydrogens is 340 g/mol. The normalized spacial score (nSPS) is 11.0. The number of fused-ring (bicyclic) bond motifs is 1. The lowest BCUT2D eigenvalue weighted by Gasteiger charge is -2.07. The maximum Gasteiger partial charge on any atom is 0.246 e. The predicted octanol–water partition coefficient (Wildman–Crippen LogP) is 4.20. The summed E-state index contributed by atoms with van der Waals surface area (Å²) in [6, 6.07) is 13.5. The molecule has 0 unspecified atom stereocenters. The average molecular weight is 360 g/mol. The van der Waals surface area contributed by atoms with Crippen LogP contribution >= 0.6 is 0 Å². The molecule has 0 saturated carbocycles. The number of hydrogen-bond acceptors (Lipinski definition) is 4. The van der Waals surface area contributed by atoms with Gasteiger partial charge in [-0.2, -0.15) is 5.10 Å². The molecule has 6 heteroatoms. The van der Waals surface area contributed by atoms with E-state index < -0.39 is 0 Å². The maximum atomic E-state index is 12.5. The van der Waals surface area contributed by atoms with E-state index in [1.807, 2.05) is 49.4 Å². The first-order chi connectivity index (χ1) is 13.2. The summed E-state index contributed by atoms with van der Waals surface area (Å²) in [5.41, 5.74) is 4.40. The number of benzene rings is 1. The molecule has 0 fully saturated rings. The van der Waals surface area contributed by atoms with Gasteiger partial charge in [-0.3, -0.25) is 4.79 Å². The Labute approximate surface area is 156 Å². The van der Waals surface area contributed by atoms with E-state index in [0.29, 0.717) is 5.65 Å². The second kappa shape index (κ2) is 7.07. The Morgan fingerprint density at radius 3 is 2.70 bits per heavy atom. The van der Waals surface area contributed by atoms with Crippen molar-refractivity contribution in [3.63, 3.8) is 0 Å². The highest BCUT2D eigenvalue weighted by atomic mass is 16.3. The fourth-order valence-corrected chi connectivity index (χ4v) is 3.19. The number of nitrogens with zero attached hydrogens (tertiary/aromatic N) is 3. The molecule has 0 bridgehead atoms. The molecule has 6 nitrogen and oxygen atoms in total. The molecule has 0 aliphatic carbocycles. The van der Waals surface area contributed by atoms with Crippen molar-refractivity contribution in [1.82, 2.24) is 14.8 Å². The summed E-state index contributed by atoms with van der Waals surface area (Å²) in [4.78, 5) is 16.9. The summed E-state index contributed by atoms with van der Waals surface area (Å²) in [7, 11) is 0. The van der Waals surface area contributed by atoms with E-state index >= 15 is 0 Å². The Balaban J connectivity index is 1.60. The van der Waals surface area contributed by atoms with Gasteiger partial charge in [-0.25, -0.2) is 9.67 Å². The molecular formula is C21H20N4O2. The van der Waals surface area contributed by atoms with Crippen LogP contribution in [0.2, 0.25) is 0 Å². The molecule has 0 spiro atoms. The summed E-state index contributed by atoms with van der Waals surface area (Å²) < 4.78 is 7.16. The van der Waals surface area contributed by atoms with Gasteiger partial charge in [0.05, 0.1) is 17.3 Å². The minimum Gasteiger partial charge on any atom is -0.464 e. The second-order valence-corrected chi connectivity index (χ2v) is 6.38. The Morgan fingerprint density at radius 2 is 2.00 bits per heavy atom. The van der Waals surface area contributed by atoms with Gasteiger partial charge in [-0.15, -0.1) is 0 Å². The lowest BCUT2D eigenvalue weighted by molar-refractivity contribution is -0.116. The molecule has 4 rings (SSSR count). The minimum atomic E-state index is -0.145. The van der Waals surface area contributed by atoms with Crippen LogP contribution in [0.25, 0.3) is 22.4 Å². The van der Waals surface area contributed by atoms with Crippen molar-refractivity contribution in [1.29, 1.82) is 0 Å². The average Bonchev–Trinajstić information content (AvgIpc) is 3.31. The third-order valence-electron chi connectivity index (χ3n) is 4.53. The zero-order valence-electron chi connectivity index (χ0n) is 15.3. The molecule has 27 heavy (non-hydrogen) atoms. The van der Waals surface area contributed by atoms with Crippen molar-refractivity contribution in [3.05, 3.63) is 66.2 Å². The second-order valence-electron chi connectivity index (χ2n) is 6.38. The maximum absolute atomic E-state index is 12.5. The fraction of sp³-hybridized carbons (Fsp3) is 0.190. The van der Waals surface area contributed by atoms with Gasteiger partial charge in [-0.05, 0) is 49.2 Å². The lowest BCUT2D eigenvalue weighted by Crippen LogP contribution is -2.19. The van der Waals surface area contributed by atoms with Crippen LogP contribution < -0.4 is 5.32 Å². The number of rotatable bonds is 5. The van der Waals surface area contributed by atoms with E-state index in [9.17, 15) is 4.79 Å². The van der Waals surface area contributed by atoms with Crippen LogP contribution in [0.1, 0.15) is 18.2 Å². The van der Waals surface area contributed by atoms with Crippen LogP contribution in [-0.4, -0.2) is 20.7 Å². The quantitative estimate of drug-likeness (QED) is 0.579. The van der Waals surface area contributed by atoms with Crippen LogP contribution in [0.3, 0.4) is 0 Å². The van der Waals surface area contributed by atoms with Gasteiger partial charge in [0.25, 0.3) is 0 Å². The number of nitrogens with one attached hydrogen (secondary N) is 1. The Hall–Kier alpha value is -3.41. The minimum absolute atomic E-state index is 0.0917. The molecule has 4 aromatic rings. The number of aromatic nitrogens is 3. The number of amides is 1. The molecule has 0 saturated heterocycles. The lowest BCUT2D eigenvalue weighted by atomic mass is 10.1. The first-order valence-electron chi connectivity index (χ1n) is 8.90. The number of anilines is 1. The van der Waals surface area contributed by atoms with Crippen molar-refractivity contribution in [2.75, 3.05) is 5.32 Å². The summed E-state index contributed by atoms with van der Waals surface area (Å²) in [5, 5.41) is 8.33. The van der Waals surface area contributed by atoms with Gasteiger partial charge in [0.2, 0.25) is 5.91 Å². The molecule has 0 aliphatic heterocycles. The molecule has 3 aromatic heterocycles. The fourth-order valence-electron chi connectivity index (χ4n) is 3.19. The third-order valence-corrected chi connectivity index (χ3v) is 4.53. The van der Waals surface area contributed by atoms with E-state index in [-0.39, 0.29) is 12.5 Å². The number of carbonyl (C=O) groups excluding carboxylic acids is 1. The van der Waals surface area contributed by atoms with Gasteiger partial charge in [-0.1, -0.05) is 19.1 Å². The van der Waals surface area contributed by atoms with Gasteiger partial charge < -0.3 is 9.73 Å². The van der Waals surface area contributed by atoms with Gasteiger partial charge >= 0.3 is 0 Å². The summed E-state index contributed by atoms with van der Waals surface area (Å²) in [5.74, 6) is 0.611. The third kappa shape index (κ3) is 3.33. The van der Waals surface area contributed by atoms with Crippen LogP contribution in [-0.2, 0) is 17.8 Å². The van der Waals surface area contributed by atoms with Crippen LogP contribution in [0, 0.1) is 6.92 Å². The van der Waals surface area contributed by atoms with E-state index in [2.05, 4.69) is 22.3 Å². The molecule has 0 radical (unpaired) electrons. The Morgan fingerprint density at radius 1 is 1.19 bits per heavy atom. The summed E-state index contributed by atoms with van der Waals surface area (Å²) >= 11 is 0. The monoisotopic (exact) mass is 360 g/mol. The van der Waals surface area contributed by atoms with Crippen LogP contribution in [0.4, 0.5) is 5.69 Å². The first-order valence-corrected chi connectivity index (χ1v) is 8.90. The zero-order chi connectivity index (χ0) is 18.8. The topological polar surface area (TPSA) is 73.0 Å². The van der Waals surface area contributed by atoms with Crippen molar-refractivity contribution < 1.29 is 9.21 Å². The number of aryl methyl sites for hydroxylation is 2. The summed E-state index contributed by atoms with van der Waals surface area (Å²) in [6.07, 6.45) is 4.31. The van der Waals surface area contributed by atoms with Gasteiger partial charge in [0.1, 0.15) is 12.3 Å². The Bertz CT molecular complexity index is 1080. The van der Waals surface area contributed by atoms with Crippen molar-refractivity contribution in [2.45, 2.75) is 26.8 Å². The van der Waals surface area contributed by atoms with Crippen LogP contribution in [0.5, 0.6) is 0 Å². The van der Waals surface area contributed by atoms with Crippen molar-refractivity contribution >= 4 is 22.6 Å². The highest BCUT2D eigenvalue weighted by molar-refractivity contribution is 5.95. The number of pyridine rings is 1. The molecule has 1 N–H and O–H groups in total. The van der Waals surface area contributed by atoms with Gasteiger partial charge in [0.15, 0.2) is 5.65 Å². The molecule has 0 atom stereocenters.